The lowest BCUT2D eigenvalue weighted by atomic mass is 10.0. The smallest absolute Gasteiger partial charge is 0.246 e. The molecule has 9 heteroatoms. The zero-order chi connectivity index (χ0) is 15.2. The number of aromatic nitrogens is 4. The van der Waals surface area contributed by atoms with Crippen LogP contribution in [0.3, 0.4) is 0 Å². The number of imidazole rings is 1. The van der Waals surface area contributed by atoms with Crippen LogP contribution in [0.4, 0.5) is 5.95 Å². The van der Waals surface area contributed by atoms with E-state index in [1.54, 1.807) is 11.5 Å². The van der Waals surface area contributed by atoms with Gasteiger partial charge in [0, 0.05) is 6.42 Å². The topological polar surface area (TPSA) is 129 Å². The molecule has 1 fully saturated rings. The predicted molar refractivity (Wildman–Crippen MR) is 72.5 cm³/mol. The number of hydrogen-bond acceptors (Lipinski definition) is 8. The van der Waals surface area contributed by atoms with Crippen LogP contribution in [0.2, 0.25) is 0 Å². The van der Waals surface area contributed by atoms with Crippen LogP contribution in [-0.4, -0.2) is 55.2 Å². The van der Waals surface area contributed by atoms with E-state index < -0.39 is 17.9 Å². The summed E-state index contributed by atoms with van der Waals surface area (Å²) in [5.74, 6) is 0.296. The van der Waals surface area contributed by atoms with Crippen LogP contribution < -0.4 is 10.5 Å². The van der Waals surface area contributed by atoms with Crippen LogP contribution in [0, 0.1) is 0 Å². The molecule has 2 aromatic heterocycles. The van der Waals surface area contributed by atoms with Crippen molar-refractivity contribution in [2.75, 3.05) is 19.5 Å². The minimum atomic E-state index is -1.16. The van der Waals surface area contributed by atoms with Gasteiger partial charge in [0.25, 0.3) is 0 Å². The normalized spacial score (nSPS) is 29.1. The fourth-order valence-corrected chi connectivity index (χ4v) is 2.63. The Morgan fingerprint density at radius 1 is 1.57 bits per heavy atom. The average Bonchev–Trinajstić information content (AvgIpc) is 2.97. The van der Waals surface area contributed by atoms with Gasteiger partial charge < -0.3 is 25.4 Å². The number of hydrogen-bond donors (Lipinski definition) is 3. The summed E-state index contributed by atoms with van der Waals surface area (Å²) in [6.45, 7) is 1.47. The monoisotopic (exact) mass is 295 g/mol. The van der Waals surface area contributed by atoms with Gasteiger partial charge in [0.2, 0.25) is 11.8 Å². The van der Waals surface area contributed by atoms with E-state index in [9.17, 15) is 10.2 Å². The van der Waals surface area contributed by atoms with Gasteiger partial charge in [0.05, 0.1) is 26.1 Å². The molecule has 0 aromatic carbocycles. The molecule has 2 aromatic rings. The van der Waals surface area contributed by atoms with E-state index in [4.69, 9.17) is 15.2 Å². The molecule has 1 aliphatic heterocycles. The van der Waals surface area contributed by atoms with Crippen LogP contribution in [-0.2, 0) is 4.74 Å². The Kier molecular flexibility index (Phi) is 3.19. The second-order valence-corrected chi connectivity index (χ2v) is 5.27. The molecule has 3 heterocycles. The van der Waals surface area contributed by atoms with E-state index in [1.165, 1.54) is 13.4 Å². The van der Waals surface area contributed by atoms with Gasteiger partial charge in [0.1, 0.15) is 5.60 Å². The largest absolute Gasteiger partial charge is 0.479 e. The molecule has 3 unspecified atom stereocenters. The van der Waals surface area contributed by atoms with Crippen molar-refractivity contribution < 1.29 is 19.7 Å². The van der Waals surface area contributed by atoms with E-state index in [1.807, 2.05) is 0 Å². The molecule has 3 rings (SSSR count). The fourth-order valence-electron chi connectivity index (χ4n) is 2.63. The average molecular weight is 295 g/mol. The molecule has 3 atom stereocenters. The number of methoxy groups -OCH3 is 1. The van der Waals surface area contributed by atoms with Gasteiger partial charge in [-0.2, -0.15) is 9.97 Å². The lowest BCUT2D eigenvalue weighted by Gasteiger charge is -2.24. The molecule has 0 radical (unpaired) electrons. The quantitative estimate of drug-likeness (QED) is 0.688. The highest BCUT2D eigenvalue weighted by atomic mass is 16.5. The Morgan fingerprint density at radius 2 is 2.33 bits per heavy atom. The Balaban J connectivity index is 2.11. The first-order valence-electron chi connectivity index (χ1n) is 6.49. The van der Waals surface area contributed by atoms with Gasteiger partial charge in [-0.25, -0.2) is 4.98 Å². The van der Waals surface area contributed by atoms with Crippen molar-refractivity contribution in [2.24, 2.45) is 0 Å². The molecule has 114 valence electrons. The van der Waals surface area contributed by atoms with E-state index in [0.717, 1.165) is 0 Å². The molecule has 0 spiro atoms. The molecule has 1 aliphatic rings. The van der Waals surface area contributed by atoms with Crippen LogP contribution in [0.5, 0.6) is 5.88 Å². The first kappa shape index (κ1) is 14.0. The Labute approximate surface area is 120 Å². The van der Waals surface area contributed by atoms with E-state index in [0.29, 0.717) is 17.6 Å². The summed E-state index contributed by atoms with van der Waals surface area (Å²) in [7, 11) is 1.46. The number of rotatable bonds is 3. The SMILES string of the molecule is COc1nc(N)nc2c1ncn2C1OC(CO)CC1(C)O. The summed E-state index contributed by atoms with van der Waals surface area (Å²) < 4.78 is 12.4. The van der Waals surface area contributed by atoms with Crippen molar-refractivity contribution in [3.8, 4) is 5.88 Å². The van der Waals surface area contributed by atoms with Gasteiger partial charge in [-0.3, -0.25) is 4.57 Å². The maximum atomic E-state index is 10.5. The minimum absolute atomic E-state index is 0.0393. The van der Waals surface area contributed by atoms with Crippen molar-refractivity contribution in [1.29, 1.82) is 0 Å². The lowest BCUT2D eigenvalue weighted by Crippen LogP contribution is -2.31. The van der Waals surface area contributed by atoms with Crippen LogP contribution in [0.25, 0.3) is 11.2 Å². The number of nitrogens with zero attached hydrogens (tertiary/aromatic N) is 4. The summed E-state index contributed by atoms with van der Waals surface area (Å²) in [5, 5.41) is 19.7. The molecule has 1 saturated heterocycles. The molecular weight excluding hydrogens is 278 g/mol. The second kappa shape index (κ2) is 4.79. The molecule has 9 nitrogen and oxygen atoms in total. The molecule has 21 heavy (non-hydrogen) atoms. The highest BCUT2D eigenvalue weighted by molar-refractivity contribution is 5.77. The number of nitrogens with two attached hydrogens (primary N) is 1. The van der Waals surface area contributed by atoms with E-state index in [-0.39, 0.29) is 18.4 Å². The van der Waals surface area contributed by atoms with Crippen molar-refractivity contribution in [3.63, 3.8) is 0 Å². The zero-order valence-electron chi connectivity index (χ0n) is 11.7. The van der Waals surface area contributed by atoms with Crippen molar-refractivity contribution in [1.82, 2.24) is 19.5 Å². The molecule has 4 N–H and O–H groups in total. The van der Waals surface area contributed by atoms with E-state index >= 15 is 0 Å². The fraction of sp³-hybridized carbons (Fsp3) is 0.583. The third kappa shape index (κ3) is 2.19. The summed E-state index contributed by atoms with van der Waals surface area (Å²) in [6, 6.07) is 0. The number of nitrogen functional groups attached to an aromatic ring is 1. The molecule has 0 amide bonds. The number of anilines is 1. The van der Waals surface area contributed by atoms with Crippen LogP contribution in [0.1, 0.15) is 19.6 Å². The highest BCUT2D eigenvalue weighted by Gasteiger charge is 2.45. The lowest BCUT2D eigenvalue weighted by molar-refractivity contribution is -0.0854. The first-order chi connectivity index (χ1) is 9.96. The standard InChI is InChI=1S/C12H17N5O4/c1-12(19)3-6(4-18)21-10(12)17-5-14-7-8(17)15-11(13)16-9(7)20-2/h5-6,10,18-19H,3-4H2,1-2H3,(H2,13,15,16). The van der Waals surface area contributed by atoms with E-state index in [2.05, 4.69) is 15.0 Å². The molecule has 0 saturated carbocycles. The summed E-state index contributed by atoms with van der Waals surface area (Å²) in [5.41, 5.74) is 5.34. The number of aliphatic hydroxyl groups is 2. The Morgan fingerprint density at radius 3 is 2.95 bits per heavy atom. The third-order valence-electron chi connectivity index (χ3n) is 3.55. The van der Waals surface area contributed by atoms with Gasteiger partial charge in [-0.1, -0.05) is 0 Å². The molecular formula is C12H17N5O4. The maximum Gasteiger partial charge on any atom is 0.246 e. The Hall–Kier alpha value is -1.97. The second-order valence-electron chi connectivity index (χ2n) is 5.27. The van der Waals surface area contributed by atoms with Crippen molar-refractivity contribution in [2.45, 2.75) is 31.3 Å². The zero-order valence-corrected chi connectivity index (χ0v) is 11.7. The summed E-state index contributed by atoms with van der Waals surface area (Å²) in [4.78, 5) is 12.3. The maximum absolute atomic E-state index is 10.5. The van der Waals surface area contributed by atoms with Gasteiger partial charge in [-0.05, 0) is 6.92 Å². The van der Waals surface area contributed by atoms with Gasteiger partial charge in [0.15, 0.2) is 17.4 Å². The summed E-state index contributed by atoms with van der Waals surface area (Å²) >= 11 is 0. The first-order valence-corrected chi connectivity index (χ1v) is 6.49. The number of aliphatic hydroxyl groups excluding tert-OH is 1. The van der Waals surface area contributed by atoms with Crippen molar-refractivity contribution >= 4 is 17.1 Å². The minimum Gasteiger partial charge on any atom is -0.479 e. The number of ether oxygens (including phenoxy) is 2. The highest BCUT2D eigenvalue weighted by Crippen LogP contribution is 2.39. The third-order valence-corrected chi connectivity index (χ3v) is 3.55. The Bertz CT molecular complexity index is 671. The summed E-state index contributed by atoms with van der Waals surface area (Å²) in [6.07, 6.45) is 0.633. The van der Waals surface area contributed by atoms with Crippen LogP contribution in [0.15, 0.2) is 6.33 Å². The molecule has 0 bridgehead atoms. The van der Waals surface area contributed by atoms with Gasteiger partial charge >= 0.3 is 0 Å². The van der Waals surface area contributed by atoms with Crippen LogP contribution >= 0.6 is 0 Å². The predicted octanol–water partition coefficient (Wildman–Crippen LogP) is -0.552. The van der Waals surface area contributed by atoms with Gasteiger partial charge in [-0.15, -0.1) is 0 Å². The van der Waals surface area contributed by atoms with Crippen molar-refractivity contribution in [3.05, 3.63) is 6.33 Å². The molecule has 0 aliphatic carbocycles. The number of fused-ring (bicyclic) bond motifs is 1.